The van der Waals surface area contributed by atoms with Gasteiger partial charge in [-0.25, -0.2) is 15.0 Å². The van der Waals surface area contributed by atoms with Gasteiger partial charge in [0.15, 0.2) is 0 Å². The predicted octanol–water partition coefficient (Wildman–Crippen LogP) is 2.92. The van der Waals surface area contributed by atoms with Gasteiger partial charge in [0.1, 0.15) is 11.5 Å². The summed E-state index contributed by atoms with van der Waals surface area (Å²) < 4.78 is 38.7. The number of fused-ring (bicyclic) bond motifs is 1. The fourth-order valence-electron chi connectivity index (χ4n) is 3.66. The van der Waals surface area contributed by atoms with Gasteiger partial charge in [0.2, 0.25) is 5.95 Å². The summed E-state index contributed by atoms with van der Waals surface area (Å²) in [5.74, 6) is 0.905. The highest BCUT2D eigenvalue weighted by atomic mass is 35.5. The van der Waals surface area contributed by atoms with E-state index in [0.717, 1.165) is 31.4 Å². The highest BCUT2D eigenvalue weighted by molar-refractivity contribution is 6.30. The monoisotopic (exact) mass is 398 g/mol. The van der Waals surface area contributed by atoms with Crippen LogP contribution in [0.2, 0.25) is 5.02 Å². The molecule has 10 heteroatoms. The smallest absolute Gasteiger partial charge is 0.366 e. The maximum absolute atomic E-state index is 12.9. The zero-order chi connectivity index (χ0) is 19.0. The minimum atomic E-state index is -4.46. The first-order valence-electron chi connectivity index (χ1n) is 8.66. The zero-order valence-electron chi connectivity index (χ0n) is 14.3. The number of nitrogens with zero attached hydrogens (tertiary/aromatic N) is 5. The molecule has 0 aromatic carbocycles. The molecule has 2 fully saturated rings. The third kappa shape index (κ3) is 4.08. The number of alkyl halides is 3. The van der Waals surface area contributed by atoms with Gasteiger partial charge >= 0.3 is 6.18 Å². The maximum Gasteiger partial charge on any atom is 0.433 e. The first-order valence-corrected chi connectivity index (χ1v) is 9.03. The second-order valence-corrected chi connectivity index (χ2v) is 7.21. The first-order chi connectivity index (χ1) is 12.9. The molecule has 0 bridgehead atoms. The lowest BCUT2D eigenvalue weighted by atomic mass is 10.1. The van der Waals surface area contributed by atoms with E-state index in [1.165, 1.54) is 6.20 Å². The number of piperazine rings is 1. The summed E-state index contributed by atoms with van der Waals surface area (Å²) in [5, 5.41) is 3.98. The molecule has 2 aliphatic heterocycles. The lowest BCUT2D eigenvalue weighted by molar-refractivity contribution is -0.141. The summed E-state index contributed by atoms with van der Waals surface area (Å²) in [5.41, 5.74) is -0.908. The van der Waals surface area contributed by atoms with E-state index in [1.54, 1.807) is 12.3 Å². The summed E-state index contributed by atoms with van der Waals surface area (Å²) in [7, 11) is 0. The molecule has 2 aliphatic rings. The van der Waals surface area contributed by atoms with Crippen LogP contribution in [0.1, 0.15) is 12.1 Å². The van der Waals surface area contributed by atoms with Gasteiger partial charge in [0.25, 0.3) is 0 Å². The Kier molecular flexibility index (Phi) is 4.81. The Labute approximate surface area is 159 Å². The van der Waals surface area contributed by atoms with Gasteiger partial charge in [0, 0.05) is 50.7 Å². The SMILES string of the molecule is FC(F)(F)c1ccnc(N2CCN3C[C@@H](Nc4ccc(Cl)cn4)C[C@H]3C2)n1. The van der Waals surface area contributed by atoms with Crippen LogP contribution in [0.3, 0.4) is 0 Å². The predicted molar refractivity (Wildman–Crippen MR) is 95.9 cm³/mol. The number of nitrogens with one attached hydrogen (secondary N) is 1. The number of hydrogen-bond acceptors (Lipinski definition) is 6. The van der Waals surface area contributed by atoms with Gasteiger partial charge in [-0.05, 0) is 24.6 Å². The van der Waals surface area contributed by atoms with Gasteiger partial charge in [-0.1, -0.05) is 11.6 Å². The number of pyridine rings is 1. The van der Waals surface area contributed by atoms with E-state index >= 15 is 0 Å². The molecule has 2 saturated heterocycles. The summed E-state index contributed by atoms with van der Waals surface area (Å²) in [4.78, 5) is 16.2. The van der Waals surface area contributed by atoms with Crippen LogP contribution in [-0.2, 0) is 6.18 Å². The molecule has 2 aromatic heterocycles. The Morgan fingerprint density at radius 2 is 1.96 bits per heavy atom. The van der Waals surface area contributed by atoms with Gasteiger partial charge in [-0.15, -0.1) is 0 Å². The standard InChI is InChI=1S/C17H18ClF3N6/c18-11-1-2-15(23-8-11)24-12-7-13-10-27(6-5-26(13)9-12)16-22-4-3-14(25-16)17(19,20)21/h1-4,8,12-13H,5-7,9-10H2,(H,23,24)/t12-,13-/m0/s1. The molecule has 0 saturated carbocycles. The molecule has 0 aliphatic carbocycles. The molecular formula is C17H18ClF3N6. The average Bonchev–Trinajstić information content (AvgIpc) is 3.04. The summed E-state index contributed by atoms with van der Waals surface area (Å²) in [6.45, 7) is 2.83. The zero-order valence-corrected chi connectivity index (χ0v) is 15.1. The molecule has 6 nitrogen and oxygen atoms in total. The number of halogens is 4. The van der Waals surface area contributed by atoms with E-state index in [4.69, 9.17) is 11.6 Å². The molecule has 27 heavy (non-hydrogen) atoms. The summed E-state index contributed by atoms with van der Waals surface area (Å²) >= 11 is 5.86. The second kappa shape index (κ2) is 7.12. The van der Waals surface area contributed by atoms with Crippen molar-refractivity contribution in [2.24, 2.45) is 0 Å². The van der Waals surface area contributed by atoms with Crippen molar-refractivity contribution in [1.29, 1.82) is 0 Å². The Balaban J connectivity index is 1.41. The molecule has 0 amide bonds. The van der Waals surface area contributed by atoms with Crippen molar-refractivity contribution in [1.82, 2.24) is 19.9 Å². The van der Waals surface area contributed by atoms with Gasteiger partial charge in [0.05, 0.1) is 5.02 Å². The highest BCUT2D eigenvalue weighted by Gasteiger charge is 2.38. The molecule has 2 atom stereocenters. The van der Waals surface area contributed by atoms with Crippen LogP contribution in [0, 0.1) is 0 Å². The Bertz CT molecular complexity index is 800. The number of rotatable bonds is 3. The average molecular weight is 399 g/mol. The van der Waals surface area contributed by atoms with Gasteiger partial charge < -0.3 is 10.2 Å². The van der Waals surface area contributed by atoms with Crippen molar-refractivity contribution in [2.45, 2.75) is 24.7 Å². The van der Waals surface area contributed by atoms with Crippen molar-refractivity contribution in [3.8, 4) is 0 Å². The number of aromatic nitrogens is 3. The van der Waals surface area contributed by atoms with E-state index in [1.807, 2.05) is 11.0 Å². The third-order valence-electron chi connectivity index (χ3n) is 4.91. The molecule has 4 rings (SSSR count). The van der Waals surface area contributed by atoms with E-state index in [0.29, 0.717) is 18.1 Å². The largest absolute Gasteiger partial charge is 0.433 e. The molecule has 0 spiro atoms. The van der Waals surface area contributed by atoms with Crippen molar-refractivity contribution in [3.05, 3.63) is 41.3 Å². The van der Waals surface area contributed by atoms with E-state index in [9.17, 15) is 13.2 Å². The third-order valence-corrected chi connectivity index (χ3v) is 5.14. The lowest BCUT2D eigenvalue weighted by Gasteiger charge is -2.37. The minimum absolute atomic E-state index is 0.139. The van der Waals surface area contributed by atoms with Crippen molar-refractivity contribution in [3.63, 3.8) is 0 Å². The second-order valence-electron chi connectivity index (χ2n) is 6.77. The molecule has 0 radical (unpaired) electrons. The van der Waals surface area contributed by atoms with Crippen LogP contribution in [0.25, 0.3) is 0 Å². The Morgan fingerprint density at radius 3 is 2.70 bits per heavy atom. The van der Waals surface area contributed by atoms with Crippen molar-refractivity contribution < 1.29 is 13.2 Å². The van der Waals surface area contributed by atoms with Crippen molar-refractivity contribution >= 4 is 23.4 Å². The molecule has 1 N–H and O–H groups in total. The van der Waals surface area contributed by atoms with Gasteiger partial charge in [-0.2, -0.15) is 13.2 Å². The van der Waals surface area contributed by atoms with Crippen LogP contribution in [0.5, 0.6) is 0 Å². The molecule has 144 valence electrons. The van der Waals surface area contributed by atoms with E-state index in [-0.39, 0.29) is 18.0 Å². The highest BCUT2D eigenvalue weighted by Crippen LogP contribution is 2.30. The lowest BCUT2D eigenvalue weighted by Crippen LogP contribution is -2.50. The van der Waals surface area contributed by atoms with Crippen LogP contribution >= 0.6 is 11.6 Å². The topological polar surface area (TPSA) is 57.2 Å². The minimum Gasteiger partial charge on any atom is -0.366 e. The molecule has 4 heterocycles. The van der Waals surface area contributed by atoms with Crippen LogP contribution in [-0.4, -0.2) is 58.1 Å². The van der Waals surface area contributed by atoms with Gasteiger partial charge in [-0.3, -0.25) is 4.90 Å². The van der Waals surface area contributed by atoms with Crippen LogP contribution < -0.4 is 10.2 Å². The fourth-order valence-corrected chi connectivity index (χ4v) is 3.77. The van der Waals surface area contributed by atoms with E-state index in [2.05, 4.69) is 25.2 Å². The first kappa shape index (κ1) is 18.2. The normalized spacial score (nSPS) is 23.3. The maximum atomic E-state index is 12.9. The fraction of sp³-hybridized carbons (Fsp3) is 0.471. The summed E-state index contributed by atoms with van der Waals surface area (Å²) in [6, 6.07) is 4.98. The molecule has 0 unspecified atom stereocenters. The van der Waals surface area contributed by atoms with E-state index < -0.39 is 11.9 Å². The molecule has 2 aromatic rings. The quantitative estimate of drug-likeness (QED) is 0.858. The molecular weight excluding hydrogens is 381 g/mol. The van der Waals surface area contributed by atoms with Crippen LogP contribution in [0.15, 0.2) is 30.6 Å². The Morgan fingerprint density at radius 1 is 1.11 bits per heavy atom. The number of anilines is 2. The van der Waals surface area contributed by atoms with Crippen molar-refractivity contribution in [2.75, 3.05) is 36.4 Å². The van der Waals surface area contributed by atoms with Crippen LogP contribution in [0.4, 0.5) is 24.9 Å². The Hall–Kier alpha value is -2.13. The number of hydrogen-bond donors (Lipinski definition) is 1. The summed E-state index contributed by atoms with van der Waals surface area (Å²) in [6.07, 6.45) is -0.825.